The number of nitrogens with one attached hydrogen (secondary N) is 2. The van der Waals surface area contributed by atoms with Gasteiger partial charge in [-0.15, -0.1) is 24.8 Å². The van der Waals surface area contributed by atoms with E-state index in [0.29, 0.717) is 6.54 Å². The molecule has 4 nitrogen and oxygen atoms in total. The average Bonchev–Trinajstić information content (AvgIpc) is 2.36. The van der Waals surface area contributed by atoms with Crippen molar-refractivity contribution in [3.63, 3.8) is 0 Å². The molecule has 0 unspecified atom stereocenters. The van der Waals surface area contributed by atoms with Gasteiger partial charge < -0.3 is 15.5 Å². The van der Waals surface area contributed by atoms with Crippen LogP contribution in [0, 0.1) is 0 Å². The summed E-state index contributed by atoms with van der Waals surface area (Å²) < 4.78 is 0. The summed E-state index contributed by atoms with van der Waals surface area (Å²) in [5.41, 5.74) is 0. The summed E-state index contributed by atoms with van der Waals surface area (Å²) >= 11 is 0. The van der Waals surface area contributed by atoms with Gasteiger partial charge in [-0.1, -0.05) is 19.3 Å². The molecule has 0 aromatic carbocycles. The molecule has 1 fully saturated rings. The second kappa shape index (κ2) is 13.0. The number of halogens is 2. The third-order valence-electron chi connectivity index (χ3n) is 3.55. The van der Waals surface area contributed by atoms with E-state index in [1.165, 1.54) is 32.1 Å². The second-order valence-corrected chi connectivity index (χ2v) is 5.01. The van der Waals surface area contributed by atoms with Crippen molar-refractivity contribution in [1.82, 2.24) is 15.5 Å². The predicted molar refractivity (Wildman–Crippen MR) is 85.6 cm³/mol. The average molecular weight is 314 g/mol. The van der Waals surface area contributed by atoms with Gasteiger partial charge in [0.2, 0.25) is 5.91 Å². The standard InChI is InChI=1S/C13H27N3O.2ClH/c1-14-11-13(17)15-9-6-10-16(2)12-7-4-3-5-8-12;;/h12,14H,3-11H2,1-2H3,(H,15,17);2*1H. The fraction of sp³-hybridized carbons (Fsp3) is 0.923. The predicted octanol–water partition coefficient (Wildman–Crippen LogP) is 1.82. The Morgan fingerprint density at radius 2 is 1.84 bits per heavy atom. The number of hydrogen-bond acceptors (Lipinski definition) is 3. The van der Waals surface area contributed by atoms with Crippen LogP contribution in [0.5, 0.6) is 0 Å². The first kappa shape index (κ1) is 21.3. The van der Waals surface area contributed by atoms with Gasteiger partial charge in [-0.25, -0.2) is 0 Å². The number of amides is 1. The van der Waals surface area contributed by atoms with Crippen LogP contribution in [0.3, 0.4) is 0 Å². The summed E-state index contributed by atoms with van der Waals surface area (Å²) in [4.78, 5) is 13.7. The number of carbonyl (C=O) groups excluding carboxylic acids is 1. The number of rotatable bonds is 7. The van der Waals surface area contributed by atoms with Gasteiger partial charge in [0.05, 0.1) is 6.54 Å². The fourth-order valence-corrected chi connectivity index (χ4v) is 2.48. The SMILES string of the molecule is CNCC(=O)NCCCN(C)C1CCCCC1.Cl.Cl. The molecule has 1 saturated carbocycles. The van der Waals surface area contributed by atoms with Crippen LogP contribution >= 0.6 is 24.8 Å². The van der Waals surface area contributed by atoms with E-state index in [-0.39, 0.29) is 30.7 Å². The summed E-state index contributed by atoms with van der Waals surface area (Å²) in [7, 11) is 4.00. The van der Waals surface area contributed by atoms with E-state index in [0.717, 1.165) is 25.6 Å². The lowest BCUT2D eigenvalue weighted by Gasteiger charge is -2.31. The van der Waals surface area contributed by atoms with Crippen molar-refractivity contribution in [1.29, 1.82) is 0 Å². The fourth-order valence-electron chi connectivity index (χ4n) is 2.48. The monoisotopic (exact) mass is 313 g/mol. The summed E-state index contributed by atoms with van der Waals surface area (Å²) in [6.45, 7) is 2.29. The van der Waals surface area contributed by atoms with Gasteiger partial charge >= 0.3 is 0 Å². The lowest BCUT2D eigenvalue weighted by molar-refractivity contribution is -0.120. The quantitative estimate of drug-likeness (QED) is 0.705. The Bertz CT molecular complexity index is 224. The lowest BCUT2D eigenvalue weighted by atomic mass is 9.94. The first-order valence-electron chi connectivity index (χ1n) is 6.85. The Morgan fingerprint density at radius 1 is 1.21 bits per heavy atom. The minimum atomic E-state index is 0. The molecule has 0 aromatic rings. The summed E-state index contributed by atoms with van der Waals surface area (Å²) in [5.74, 6) is 0.0906. The number of hydrogen-bond donors (Lipinski definition) is 2. The van der Waals surface area contributed by atoms with Crippen molar-refractivity contribution in [2.45, 2.75) is 44.6 Å². The van der Waals surface area contributed by atoms with Crippen molar-refractivity contribution < 1.29 is 4.79 Å². The van der Waals surface area contributed by atoms with E-state index < -0.39 is 0 Å². The molecule has 0 aliphatic heterocycles. The Labute approximate surface area is 129 Å². The van der Waals surface area contributed by atoms with Gasteiger partial charge in [0, 0.05) is 12.6 Å². The molecule has 1 aliphatic carbocycles. The summed E-state index contributed by atoms with van der Waals surface area (Å²) in [5, 5.41) is 5.76. The third kappa shape index (κ3) is 9.50. The van der Waals surface area contributed by atoms with Crippen LogP contribution in [0.4, 0.5) is 0 Å². The zero-order valence-corrected chi connectivity index (χ0v) is 13.7. The van der Waals surface area contributed by atoms with Gasteiger partial charge in [-0.3, -0.25) is 4.79 Å². The van der Waals surface area contributed by atoms with Gasteiger partial charge in [0.15, 0.2) is 0 Å². The van der Waals surface area contributed by atoms with Crippen molar-refractivity contribution >= 4 is 30.7 Å². The van der Waals surface area contributed by atoms with Crippen LogP contribution in [0.25, 0.3) is 0 Å². The van der Waals surface area contributed by atoms with Crippen LogP contribution < -0.4 is 10.6 Å². The van der Waals surface area contributed by atoms with Gasteiger partial charge in [0.1, 0.15) is 0 Å². The molecule has 0 heterocycles. The lowest BCUT2D eigenvalue weighted by Crippen LogP contribution is -2.37. The summed E-state index contributed by atoms with van der Waals surface area (Å²) in [6.07, 6.45) is 7.92. The Kier molecular flexibility index (Phi) is 14.5. The van der Waals surface area contributed by atoms with Crippen LogP contribution in [0.15, 0.2) is 0 Å². The zero-order chi connectivity index (χ0) is 12.5. The number of carbonyl (C=O) groups is 1. The molecule has 2 N–H and O–H groups in total. The highest BCUT2D eigenvalue weighted by Gasteiger charge is 2.17. The normalized spacial score (nSPS) is 15.5. The molecule has 0 bridgehead atoms. The minimum Gasteiger partial charge on any atom is -0.355 e. The molecule has 1 rings (SSSR count). The van der Waals surface area contributed by atoms with Crippen LogP contribution in [-0.4, -0.2) is 50.6 Å². The molecule has 1 aliphatic rings. The van der Waals surface area contributed by atoms with Gasteiger partial charge in [-0.2, -0.15) is 0 Å². The maximum Gasteiger partial charge on any atom is 0.233 e. The van der Waals surface area contributed by atoms with Crippen molar-refractivity contribution in [2.24, 2.45) is 0 Å². The highest BCUT2D eigenvalue weighted by Crippen LogP contribution is 2.21. The highest BCUT2D eigenvalue weighted by atomic mass is 35.5. The molecule has 0 atom stereocenters. The minimum absolute atomic E-state index is 0. The van der Waals surface area contributed by atoms with Gasteiger partial charge in [-0.05, 0) is 39.9 Å². The van der Waals surface area contributed by atoms with Crippen LogP contribution in [0.2, 0.25) is 0 Å². The summed E-state index contributed by atoms with van der Waals surface area (Å²) in [6, 6.07) is 0.775. The van der Waals surface area contributed by atoms with E-state index in [4.69, 9.17) is 0 Å². The molecule has 19 heavy (non-hydrogen) atoms. The Morgan fingerprint density at radius 3 is 2.42 bits per heavy atom. The number of nitrogens with zero attached hydrogens (tertiary/aromatic N) is 1. The largest absolute Gasteiger partial charge is 0.355 e. The molecule has 1 amide bonds. The van der Waals surface area contributed by atoms with E-state index in [1.807, 2.05) is 0 Å². The Hall–Kier alpha value is -0.0300. The third-order valence-corrected chi connectivity index (χ3v) is 3.55. The molecule has 6 heteroatoms. The van der Waals surface area contributed by atoms with E-state index in [1.54, 1.807) is 7.05 Å². The van der Waals surface area contributed by atoms with Crippen molar-refractivity contribution in [2.75, 3.05) is 33.7 Å². The Balaban J connectivity index is 0. The molecular formula is C13H29Cl2N3O. The zero-order valence-electron chi connectivity index (χ0n) is 12.1. The van der Waals surface area contributed by atoms with Crippen LogP contribution in [-0.2, 0) is 4.79 Å². The molecule has 116 valence electrons. The van der Waals surface area contributed by atoms with Crippen LogP contribution in [0.1, 0.15) is 38.5 Å². The first-order valence-corrected chi connectivity index (χ1v) is 6.85. The van der Waals surface area contributed by atoms with Crippen molar-refractivity contribution in [3.05, 3.63) is 0 Å². The second-order valence-electron chi connectivity index (χ2n) is 5.01. The maximum atomic E-state index is 11.2. The first-order chi connectivity index (χ1) is 8.24. The van der Waals surface area contributed by atoms with E-state index in [9.17, 15) is 4.79 Å². The number of likely N-dealkylation sites (N-methyl/N-ethyl adjacent to an activating group) is 1. The topological polar surface area (TPSA) is 44.4 Å². The highest BCUT2D eigenvalue weighted by molar-refractivity contribution is 5.85. The molecule has 0 spiro atoms. The van der Waals surface area contributed by atoms with E-state index >= 15 is 0 Å². The molecule has 0 saturated heterocycles. The van der Waals surface area contributed by atoms with E-state index in [2.05, 4.69) is 22.6 Å². The molecule has 0 aromatic heterocycles. The van der Waals surface area contributed by atoms with Crippen molar-refractivity contribution in [3.8, 4) is 0 Å². The smallest absolute Gasteiger partial charge is 0.233 e. The molecular weight excluding hydrogens is 285 g/mol. The molecule has 0 radical (unpaired) electrons. The van der Waals surface area contributed by atoms with Gasteiger partial charge in [0.25, 0.3) is 0 Å². The maximum absolute atomic E-state index is 11.2.